The normalized spacial score (nSPS) is 19.7. The van der Waals surface area contributed by atoms with Gasteiger partial charge in [-0.3, -0.25) is 9.69 Å². The van der Waals surface area contributed by atoms with Crippen LogP contribution < -0.4 is 0 Å². The minimum absolute atomic E-state index is 0.0524. The fourth-order valence-corrected chi connectivity index (χ4v) is 2.70. The van der Waals surface area contributed by atoms with Gasteiger partial charge in [-0.05, 0) is 51.7 Å². The van der Waals surface area contributed by atoms with Gasteiger partial charge in [-0.15, -0.1) is 0 Å². The van der Waals surface area contributed by atoms with Gasteiger partial charge in [-0.25, -0.2) is 4.39 Å². The fourth-order valence-electron chi connectivity index (χ4n) is 2.70. The number of benzene rings is 1. The van der Waals surface area contributed by atoms with Crippen LogP contribution in [0, 0.1) is 5.82 Å². The Morgan fingerprint density at radius 3 is 2.95 bits per heavy atom. The Hall–Kier alpha value is -1.46. The summed E-state index contributed by atoms with van der Waals surface area (Å²) in [6, 6.07) is 3.91. The van der Waals surface area contributed by atoms with E-state index in [-0.39, 0.29) is 23.6 Å². The summed E-state index contributed by atoms with van der Waals surface area (Å²) in [5.74, 6) is -0.933. The van der Waals surface area contributed by atoms with Crippen molar-refractivity contribution in [1.82, 2.24) is 9.80 Å². The van der Waals surface area contributed by atoms with Crippen LogP contribution in [0.5, 0.6) is 5.75 Å². The first-order chi connectivity index (χ1) is 9.47. The number of aromatic hydroxyl groups is 1. The molecule has 0 amide bonds. The molecule has 1 heterocycles. The van der Waals surface area contributed by atoms with Gasteiger partial charge in [0.25, 0.3) is 0 Å². The number of hydrogen-bond donors (Lipinski definition) is 1. The molecule has 1 aliphatic rings. The van der Waals surface area contributed by atoms with Crippen LogP contribution in [0.3, 0.4) is 0 Å². The van der Waals surface area contributed by atoms with Crippen molar-refractivity contribution in [1.29, 1.82) is 0 Å². The van der Waals surface area contributed by atoms with Gasteiger partial charge in [0.05, 0.1) is 12.1 Å². The molecule has 1 N–H and O–H groups in total. The minimum atomic E-state index is -0.510. The molecule has 5 heteroatoms. The molecule has 1 fully saturated rings. The van der Waals surface area contributed by atoms with E-state index in [1.54, 1.807) is 0 Å². The van der Waals surface area contributed by atoms with E-state index in [9.17, 15) is 14.3 Å². The summed E-state index contributed by atoms with van der Waals surface area (Å²) in [4.78, 5) is 16.3. The van der Waals surface area contributed by atoms with Crippen molar-refractivity contribution in [3.8, 4) is 5.75 Å². The van der Waals surface area contributed by atoms with Gasteiger partial charge >= 0.3 is 0 Å². The lowest BCUT2D eigenvalue weighted by atomic mass is 10.1. The third kappa shape index (κ3) is 3.55. The van der Waals surface area contributed by atoms with Crippen LogP contribution in [-0.4, -0.2) is 60.5 Å². The smallest absolute Gasteiger partial charge is 0.180 e. The standard InChI is InChI=1S/C15H21FN2O2/c1-17(9-12-4-3-7-18(12)2)10-15(20)13-8-11(16)5-6-14(13)19/h5-6,8,12,19H,3-4,7,9-10H2,1-2H3. The van der Waals surface area contributed by atoms with Gasteiger partial charge in [0.1, 0.15) is 11.6 Å². The molecule has 0 bridgehead atoms. The number of carbonyl (C=O) groups is 1. The van der Waals surface area contributed by atoms with Crippen molar-refractivity contribution in [3.63, 3.8) is 0 Å². The molecule has 2 rings (SSSR count). The molecule has 0 aromatic heterocycles. The SMILES string of the molecule is CN(CC(=O)c1cc(F)ccc1O)CC1CCCN1C. The molecule has 1 atom stereocenters. The first kappa shape index (κ1) is 14.9. The third-order valence-corrected chi connectivity index (χ3v) is 3.87. The van der Waals surface area contributed by atoms with Crippen LogP contribution in [0.25, 0.3) is 0 Å². The zero-order valence-corrected chi connectivity index (χ0v) is 12.0. The van der Waals surface area contributed by atoms with Crippen LogP contribution in [0.15, 0.2) is 18.2 Å². The molecule has 0 radical (unpaired) electrons. The van der Waals surface area contributed by atoms with Crippen molar-refractivity contribution in [2.24, 2.45) is 0 Å². The molecule has 0 aliphatic carbocycles. The lowest BCUT2D eigenvalue weighted by Gasteiger charge is -2.25. The van der Waals surface area contributed by atoms with Gasteiger partial charge in [0, 0.05) is 12.6 Å². The zero-order valence-electron chi connectivity index (χ0n) is 12.0. The summed E-state index contributed by atoms with van der Waals surface area (Å²) >= 11 is 0. The number of hydrogen-bond acceptors (Lipinski definition) is 4. The van der Waals surface area contributed by atoms with Crippen molar-refractivity contribution in [2.75, 3.05) is 33.7 Å². The average molecular weight is 280 g/mol. The maximum atomic E-state index is 13.1. The number of likely N-dealkylation sites (tertiary alicyclic amines) is 1. The number of rotatable bonds is 5. The van der Waals surface area contributed by atoms with Gasteiger partial charge in [-0.1, -0.05) is 0 Å². The molecule has 1 aromatic rings. The van der Waals surface area contributed by atoms with E-state index >= 15 is 0 Å². The van der Waals surface area contributed by atoms with Crippen LogP contribution in [-0.2, 0) is 0 Å². The molecule has 0 spiro atoms. The van der Waals surface area contributed by atoms with Crippen LogP contribution in [0.2, 0.25) is 0 Å². The lowest BCUT2D eigenvalue weighted by Crippen LogP contribution is -2.38. The Morgan fingerprint density at radius 1 is 1.55 bits per heavy atom. The third-order valence-electron chi connectivity index (χ3n) is 3.87. The summed E-state index contributed by atoms with van der Waals surface area (Å²) in [7, 11) is 3.96. The molecule has 1 saturated heterocycles. The molecular weight excluding hydrogens is 259 g/mol. The van der Waals surface area contributed by atoms with E-state index < -0.39 is 5.82 Å². The second-order valence-electron chi connectivity index (χ2n) is 5.56. The zero-order chi connectivity index (χ0) is 14.7. The summed E-state index contributed by atoms with van der Waals surface area (Å²) in [6.07, 6.45) is 2.33. The van der Waals surface area contributed by atoms with Crippen LogP contribution >= 0.6 is 0 Å². The van der Waals surface area contributed by atoms with Crippen molar-refractivity contribution >= 4 is 5.78 Å². The molecule has 110 valence electrons. The Kier molecular flexibility index (Phi) is 4.73. The monoisotopic (exact) mass is 280 g/mol. The highest BCUT2D eigenvalue weighted by Gasteiger charge is 2.23. The molecule has 1 unspecified atom stereocenters. The molecule has 1 aliphatic heterocycles. The van der Waals surface area contributed by atoms with E-state index in [0.717, 1.165) is 31.6 Å². The Labute approximate surface area is 118 Å². The number of phenols is 1. The predicted octanol–water partition coefficient (Wildman–Crippen LogP) is 1.74. The number of halogens is 1. The Balaban J connectivity index is 1.95. The summed E-state index contributed by atoms with van der Waals surface area (Å²) in [6.45, 7) is 2.08. The highest BCUT2D eigenvalue weighted by atomic mass is 19.1. The maximum absolute atomic E-state index is 13.1. The van der Waals surface area contributed by atoms with Gasteiger partial charge < -0.3 is 10.0 Å². The first-order valence-electron chi connectivity index (χ1n) is 6.88. The largest absolute Gasteiger partial charge is 0.507 e. The van der Waals surface area contributed by atoms with Crippen molar-refractivity contribution < 1.29 is 14.3 Å². The van der Waals surface area contributed by atoms with Crippen LogP contribution in [0.1, 0.15) is 23.2 Å². The maximum Gasteiger partial charge on any atom is 0.180 e. The lowest BCUT2D eigenvalue weighted by molar-refractivity contribution is 0.0929. The summed E-state index contributed by atoms with van der Waals surface area (Å²) in [5.41, 5.74) is 0.0524. The average Bonchev–Trinajstić information content (AvgIpc) is 2.77. The molecular formula is C15H21FN2O2. The Morgan fingerprint density at radius 2 is 2.30 bits per heavy atom. The van der Waals surface area contributed by atoms with Crippen LogP contribution in [0.4, 0.5) is 4.39 Å². The number of ketones is 1. The van der Waals surface area contributed by atoms with E-state index in [1.165, 1.54) is 12.5 Å². The highest BCUT2D eigenvalue weighted by molar-refractivity contribution is 5.99. The summed E-state index contributed by atoms with van der Waals surface area (Å²) < 4.78 is 13.1. The molecule has 1 aromatic carbocycles. The minimum Gasteiger partial charge on any atom is -0.507 e. The predicted molar refractivity (Wildman–Crippen MR) is 75.5 cm³/mol. The van der Waals surface area contributed by atoms with Crippen molar-refractivity contribution in [3.05, 3.63) is 29.6 Å². The molecule has 20 heavy (non-hydrogen) atoms. The highest BCUT2D eigenvalue weighted by Crippen LogP contribution is 2.19. The second-order valence-corrected chi connectivity index (χ2v) is 5.56. The molecule has 4 nitrogen and oxygen atoms in total. The Bertz CT molecular complexity index is 493. The topological polar surface area (TPSA) is 43.8 Å². The number of Topliss-reactive ketones (excluding diaryl/α,β-unsaturated/α-hetero) is 1. The second kappa shape index (κ2) is 6.33. The quantitative estimate of drug-likeness (QED) is 0.834. The first-order valence-corrected chi connectivity index (χ1v) is 6.88. The van der Waals surface area contributed by atoms with E-state index in [4.69, 9.17) is 0 Å². The molecule has 0 saturated carbocycles. The van der Waals surface area contributed by atoms with E-state index in [1.807, 2.05) is 11.9 Å². The van der Waals surface area contributed by atoms with Gasteiger partial charge in [-0.2, -0.15) is 0 Å². The summed E-state index contributed by atoms with van der Waals surface area (Å²) in [5, 5.41) is 9.63. The van der Waals surface area contributed by atoms with E-state index in [2.05, 4.69) is 11.9 Å². The number of carbonyl (C=O) groups excluding carboxylic acids is 1. The van der Waals surface area contributed by atoms with E-state index in [0.29, 0.717) is 6.04 Å². The number of phenolic OH excluding ortho intramolecular Hbond substituents is 1. The number of likely N-dealkylation sites (N-methyl/N-ethyl adjacent to an activating group) is 2. The van der Waals surface area contributed by atoms with Crippen molar-refractivity contribution in [2.45, 2.75) is 18.9 Å². The van der Waals surface area contributed by atoms with Gasteiger partial charge in [0.15, 0.2) is 5.78 Å². The van der Waals surface area contributed by atoms with Gasteiger partial charge in [0.2, 0.25) is 0 Å². The number of nitrogens with zero attached hydrogens (tertiary/aromatic N) is 2. The fraction of sp³-hybridized carbons (Fsp3) is 0.533.